The van der Waals surface area contributed by atoms with Gasteiger partial charge in [0.1, 0.15) is 29.0 Å². The van der Waals surface area contributed by atoms with E-state index in [1.54, 1.807) is 45.0 Å². The highest BCUT2D eigenvalue weighted by Crippen LogP contribution is 2.35. The number of rotatable bonds is 1. The Morgan fingerprint density at radius 1 is 1.43 bits per heavy atom. The number of amides is 1. The Morgan fingerprint density at radius 3 is 2.71 bits per heavy atom. The standard InChI is InChI=1S/C15H17N3O3/c1-15(2,3)21-14(19)18-12-9-6-4-5-7-11(9)20-13(17)10(12)8-16/h4-7,12H,17H2,1-3H3,(H,18,19). The molecule has 0 aromatic heterocycles. The van der Waals surface area contributed by atoms with Gasteiger partial charge in [0.2, 0.25) is 5.88 Å². The molecule has 1 aliphatic rings. The topological polar surface area (TPSA) is 97.4 Å². The fraction of sp³-hybridized carbons (Fsp3) is 0.333. The van der Waals surface area contributed by atoms with E-state index in [0.717, 1.165) is 0 Å². The molecule has 6 heteroatoms. The molecule has 1 aliphatic heterocycles. The van der Waals surface area contributed by atoms with Gasteiger partial charge in [-0.25, -0.2) is 4.79 Å². The monoisotopic (exact) mass is 287 g/mol. The quantitative estimate of drug-likeness (QED) is 0.826. The Hall–Kier alpha value is -2.68. The van der Waals surface area contributed by atoms with Crippen molar-refractivity contribution in [2.45, 2.75) is 32.4 Å². The van der Waals surface area contributed by atoms with Gasteiger partial charge in [0.15, 0.2) is 0 Å². The maximum Gasteiger partial charge on any atom is 0.408 e. The molecule has 0 saturated carbocycles. The molecule has 0 radical (unpaired) electrons. The summed E-state index contributed by atoms with van der Waals surface area (Å²) in [6.45, 7) is 5.29. The number of hydrogen-bond donors (Lipinski definition) is 2. The highest BCUT2D eigenvalue weighted by Gasteiger charge is 2.31. The van der Waals surface area contributed by atoms with E-state index in [4.69, 9.17) is 15.2 Å². The first-order valence-corrected chi connectivity index (χ1v) is 6.48. The molecule has 1 aromatic rings. The molecule has 0 aliphatic carbocycles. The minimum atomic E-state index is -0.685. The van der Waals surface area contributed by atoms with E-state index in [-0.39, 0.29) is 11.5 Å². The summed E-state index contributed by atoms with van der Waals surface area (Å²) in [6, 6.07) is 8.35. The van der Waals surface area contributed by atoms with Gasteiger partial charge in [-0.2, -0.15) is 5.26 Å². The Balaban J connectivity index is 2.32. The van der Waals surface area contributed by atoms with Gasteiger partial charge in [0.25, 0.3) is 0 Å². The maximum atomic E-state index is 12.0. The molecule has 0 spiro atoms. The summed E-state index contributed by atoms with van der Waals surface area (Å²) in [7, 11) is 0. The van der Waals surface area contributed by atoms with Crippen LogP contribution >= 0.6 is 0 Å². The zero-order chi connectivity index (χ0) is 15.6. The second-order valence-corrected chi connectivity index (χ2v) is 5.61. The van der Waals surface area contributed by atoms with Crippen molar-refractivity contribution in [3.8, 4) is 11.8 Å². The Bertz CT molecular complexity index is 638. The van der Waals surface area contributed by atoms with E-state index >= 15 is 0 Å². The van der Waals surface area contributed by atoms with Crippen LogP contribution in [-0.2, 0) is 4.74 Å². The SMILES string of the molecule is CC(C)(C)OC(=O)NC1C(C#N)=C(N)Oc2ccccc21. The number of fused-ring (bicyclic) bond motifs is 1. The van der Waals surface area contributed by atoms with Gasteiger partial charge in [-0.3, -0.25) is 0 Å². The van der Waals surface area contributed by atoms with Gasteiger partial charge in [-0.05, 0) is 26.8 Å². The molecule has 3 N–H and O–H groups in total. The van der Waals surface area contributed by atoms with Crippen LogP contribution in [0.25, 0.3) is 0 Å². The number of nitrogens with zero attached hydrogens (tertiary/aromatic N) is 1. The van der Waals surface area contributed by atoms with Crippen LogP contribution in [0.4, 0.5) is 4.79 Å². The largest absolute Gasteiger partial charge is 0.444 e. The average Bonchev–Trinajstić information content (AvgIpc) is 2.36. The number of hydrogen-bond acceptors (Lipinski definition) is 5. The molecule has 110 valence electrons. The third-order valence-corrected chi connectivity index (χ3v) is 2.79. The molecule has 6 nitrogen and oxygen atoms in total. The highest BCUT2D eigenvalue weighted by molar-refractivity contribution is 5.70. The fourth-order valence-electron chi connectivity index (χ4n) is 1.98. The number of nitrogens with two attached hydrogens (primary N) is 1. The summed E-state index contributed by atoms with van der Waals surface area (Å²) in [4.78, 5) is 12.0. The van der Waals surface area contributed by atoms with Crippen LogP contribution in [0.15, 0.2) is 35.7 Å². The number of benzene rings is 1. The minimum Gasteiger partial charge on any atom is -0.444 e. The highest BCUT2D eigenvalue weighted by atomic mass is 16.6. The van der Waals surface area contributed by atoms with Gasteiger partial charge in [0, 0.05) is 5.56 Å². The molecule has 21 heavy (non-hydrogen) atoms. The molecular formula is C15H17N3O3. The van der Waals surface area contributed by atoms with Gasteiger partial charge >= 0.3 is 6.09 Å². The van der Waals surface area contributed by atoms with Crippen molar-refractivity contribution in [2.24, 2.45) is 5.73 Å². The number of carbonyl (C=O) groups is 1. The van der Waals surface area contributed by atoms with Crippen LogP contribution in [-0.4, -0.2) is 11.7 Å². The molecule has 0 bridgehead atoms. The van der Waals surface area contributed by atoms with E-state index in [1.807, 2.05) is 6.07 Å². The Kier molecular flexibility index (Phi) is 3.76. The normalized spacial score (nSPS) is 17.3. The zero-order valence-corrected chi connectivity index (χ0v) is 12.1. The number of nitrogens with one attached hydrogen (secondary N) is 1. The van der Waals surface area contributed by atoms with Crippen molar-refractivity contribution >= 4 is 6.09 Å². The van der Waals surface area contributed by atoms with Crippen molar-refractivity contribution in [2.75, 3.05) is 0 Å². The van der Waals surface area contributed by atoms with E-state index in [9.17, 15) is 10.1 Å². The van der Waals surface area contributed by atoms with Gasteiger partial charge < -0.3 is 20.5 Å². The number of ether oxygens (including phenoxy) is 2. The summed E-state index contributed by atoms with van der Waals surface area (Å²) in [5.74, 6) is 0.493. The molecular weight excluding hydrogens is 270 g/mol. The van der Waals surface area contributed by atoms with E-state index in [0.29, 0.717) is 11.3 Å². The van der Waals surface area contributed by atoms with Gasteiger partial charge in [-0.15, -0.1) is 0 Å². The summed E-state index contributed by atoms with van der Waals surface area (Å²) in [6.07, 6.45) is -0.621. The first-order chi connectivity index (χ1) is 9.81. The summed E-state index contributed by atoms with van der Waals surface area (Å²) >= 11 is 0. The lowest BCUT2D eigenvalue weighted by molar-refractivity contribution is 0.0510. The van der Waals surface area contributed by atoms with E-state index in [2.05, 4.69) is 5.32 Å². The lowest BCUT2D eigenvalue weighted by Gasteiger charge is -2.28. The zero-order valence-electron chi connectivity index (χ0n) is 12.1. The molecule has 2 rings (SSSR count). The molecule has 1 amide bonds. The number of carbonyl (C=O) groups excluding carboxylic acids is 1. The Labute approximate surface area is 123 Å². The van der Waals surface area contributed by atoms with Crippen LogP contribution in [0.5, 0.6) is 5.75 Å². The maximum absolute atomic E-state index is 12.0. The van der Waals surface area contributed by atoms with Crippen LogP contribution < -0.4 is 15.8 Å². The number of para-hydroxylation sites is 1. The van der Waals surface area contributed by atoms with Crippen LogP contribution in [0.2, 0.25) is 0 Å². The minimum absolute atomic E-state index is 0.0164. The lowest BCUT2D eigenvalue weighted by atomic mass is 9.97. The first-order valence-electron chi connectivity index (χ1n) is 6.48. The van der Waals surface area contributed by atoms with Crippen molar-refractivity contribution < 1.29 is 14.3 Å². The molecule has 0 fully saturated rings. The third kappa shape index (κ3) is 3.26. The summed E-state index contributed by atoms with van der Waals surface area (Å²) in [5.41, 5.74) is 5.93. The predicted molar refractivity (Wildman–Crippen MR) is 76.0 cm³/mol. The second-order valence-electron chi connectivity index (χ2n) is 5.61. The van der Waals surface area contributed by atoms with Crippen LogP contribution in [0, 0.1) is 11.3 Å². The predicted octanol–water partition coefficient (Wildman–Crippen LogP) is 2.34. The average molecular weight is 287 g/mol. The van der Waals surface area contributed by atoms with E-state index < -0.39 is 17.7 Å². The third-order valence-electron chi connectivity index (χ3n) is 2.79. The molecule has 1 unspecified atom stereocenters. The van der Waals surface area contributed by atoms with E-state index in [1.165, 1.54) is 0 Å². The van der Waals surface area contributed by atoms with Gasteiger partial charge in [-0.1, -0.05) is 18.2 Å². The number of nitriles is 1. The molecule has 1 atom stereocenters. The molecule has 1 aromatic carbocycles. The smallest absolute Gasteiger partial charge is 0.408 e. The first kappa shape index (κ1) is 14.7. The number of alkyl carbamates (subject to hydrolysis) is 1. The van der Waals surface area contributed by atoms with Crippen LogP contribution in [0.3, 0.4) is 0 Å². The van der Waals surface area contributed by atoms with Crippen molar-refractivity contribution in [1.29, 1.82) is 5.26 Å². The summed E-state index contributed by atoms with van der Waals surface area (Å²) in [5, 5.41) is 11.9. The Morgan fingerprint density at radius 2 is 2.10 bits per heavy atom. The van der Waals surface area contributed by atoms with Crippen molar-refractivity contribution in [3.05, 3.63) is 41.3 Å². The lowest BCUT2D eigenvalue weighted by Crippen LogP contribution is -2.37. The van der Waals surface area contributed by atoms with Gasteiger partial charge in [0.05, 0.1) is 0 Å². The second kappa shape index (κ2) is 5.37. The molecule has 0 saturated heterocycles. The van der Waals surface area contributed by atoms with Crippen LogP contribution in [0.1, 0.15) is 32.4 Å². The summed E-state index contributed by atoms with van der Waals surface area (Å²) < 4.78 is 10.6. The van der Waals surface area contributed by atoms with Crippen molar-refractivity contribution in [1.82, 2.24) is 5.32 Å². The fourth-order valence-corrected chi connectivity index (χ4v) is 1.98. The van der Waals surface area contributed by atoms with Crippen molar-refractivity contribution in [3.63, 3.8) is 0 Å². The molecule has 1 heterocycles.